The summed E-state index contributed by atoms with van der Waals surface area (Å²) in [5.74, 6) is 0.727. The molecule has 12 heavy (non-hydrogen) atoms. The number of rotatable bonds is 5. The second-order valence-corrected chi connectivity index (χ2v) is 4.60. The molecule has 0 heterocycles. The summed E-state index contributed by atoms with van der Waals surface area (Å²) in [7, 11) is 1.43. The third-order valence-corrected chi connectivity index (χ3v) is 2.86. The normalized spacial score (nSPS) is 18.8. The highest BCUT2D eigenvalue weighted by Crippen LogP contribution is 2.27. The Morgan fingerprint density at radius 3 is 2.92 bits per heavy atom. The number of hydrogen-bond donors (Lipinski definition) is 1. The molecule has 0 saturated heterocycles. The second kappa shape index (κ2) is 5.01. The van der Waals surface area contributed by atoms with E-state index in [0.717, 1.165) is 19.0 Å². The van der Waals surface area contributed by atoms with Crippen LogP contribution in [0.15, 0.2) is 0 Å². The molecule has 1 aliphatic carbocycles. The predicted molar refractivity (Wildman–Crippen MR) is 55.4 cm³/mol. The quantitative estimate of drug-likeness (QED) is 0.464. The number of carbonyl (C=O) groups is 1. The summed E-state index contributed by atoms with van der Waals surface area (Å²) in [5.41, 5.74) is 0. The molecule has 1 aliphatic rings. The number of esters is 1. The molecule has 1 N–H and O–H groups in total. The number of alkyl halides is 1. The minimum absolute atomic E-state index is 0.0497. The average Bonchev–Trinajstić information content (AvgIpc) is 2.86. The van der Waals surface area contributed by atoms with Crippen LogP contribution in [0.3, 0.4) is 0 Å². The molecule has 0 aromatic heterocycles. The smallest absolute Gasteiger partial charge is 0.319 e. The van der Waals surface area contributed by atoms with Crippen molar-refractivity contribution in [1.29, 1.82) is 0 Å². The van der Waals surface area contributed by atoms with Crippen molar-refractivity contribution in [3.8, 4) is 0 Å². The van der Waals surface area contributed by atoms with Gasteiger partial charge in [0.15, 0.2) is 0 Å². The van der Waals surface area contributed by atoms with Crippen molar-refractivity contribution >= 4 is 28.6 Å². The molecule has 0 spiro atoms. The molecule has 0 aromatic rings. The van der Waals surface area contributed by atoms with E-state index in [4.69, 9.17) is 0 Å². The maximum atomic E-state index is 10.9. The molecule has 1 fully saturated rings. The van der Waals surface area contributed by atoms with Gasteiger partial charge in [-0.25, -0.2) is 0 Å². The molecule has 1 saturated carbocycles. The molecule has 4 heteroatoms. The molecular weight excluding hydrogens is 269 g/mol. The Morgan fingerprint density at radius 2 is 2.42 bits per heavy atom. The maximum Gasteiger partial charge on any atom is 0.319 e. The summed E-state index contributed by atoms with van der Waals surface area (Å²) in [4.78, 5) is 10.9. The minimum Gasteiger partial charge on any atom is -0.468 e. The monoisotopic (exact) mass is 283 g/mol. The van der Waals surface area contributed by atoms with E-state index in [2.05, 4.69) is 32.6 Å². The fourth-order valence-electron chi connectivity index (χ4n) is 0.947. The van der Waals surface area contributed by atoms with Crippen molar-refractivity contribution in [2.24, 2.45) is 5.92 Å². The molecule has 0 aliphatic heterocycles. The first kappa shape index (κ1) is 10.2. The van der Waals surface area contributed by atoms with Gasteiger partial charge in [0.2, 0.25) is 0 Å². The Hall–Kier alpha value is 0.160. The van der Waals surface area contributed by atoms with E-state index in [1.54, 1.807) is 0 Å². The molecule has 1 atom stereocenters. The standard InChI is InChI=1S/C8H14INO2/c1-12-8(11)7(9)5-10-4-6-2-3-6/h6-7,10H,2-5H2,1H3. The third-order valence-electron chi connectivity index (χ3n) is 1.91. The highest BCUT2D eigenvalue weighted by Gasteiger charge is 2.21. The third kappa shape index (κ3) is 3.71. The van der Waals surface area contributed by atoms with Crippen LogP contribution in [0.25, 0.3) is 0 Å². The van der Waals surface area contributed by atoms with Gasteiger partial charge in [-0.15, -0.1) is 0 Å². The fraction of sp³-hybridized carbons (Fsp3) is 0.875. The van der Waals surface area contributed by atoms with Gasteiger partial charge in [0, 0.05) is 6.54 Å². The van der Waals surface area contributed by atoms with E-state index in [1.807, 2.05) is 0 Å². The van der Waals surface area contributed by atoms with Gasteiger partial charge >= 0.3 is 5.97 Å². The SMILES string of the molecule is COC(=O)C(I)CNCC1CC1. The Balaban J connectivity index is 2.00. The molecule has 0 radical (unpaired) electrons. The van der Waals surface area contributed by atoms with Crippen LogP contribution in [0.1, 0.15) is 12.8 Å². The number of nitrogens with one attached hydrogen (secondary N) is 1. The highest BCUT2D eigenvalue weighted by molar-refractivity contribution is 14.1. The lowest BCUT2D eigenvalue weighted by atomic mass is 10.4. The Labute approximate surface area is 86.4 Å². The van der Waals surface area contributed by atoms with E-state index in [0.29, 0.717) is 0 Å². The minimum atomic E-state index is -0.140. The van der Waals surface area contributed by atoms with Crippen LogP contribution in [-0.2, 0) is 9.53 Å². The number of hydrogen-bond acceptors (Lipinski definition) is 3. The number of methoxy groups -OCH3 is 1. The molecule has 1 unspecified atom stereocenters. The molecule has 1 rings (SSSR count). The van der Waals surface area contributed by atoms with Crippen LogP contribution < -0.4 is 5.32 Å². The van der Waals surface area contributed by atoms with E-state index >= 15 is 0 Å². The summed E-state index contributed by atoms with van der Waals surface area (Å²) in [6, 6.07) is 0. The first-order chi connectivity index (χ1) is 5.74. The van der Waals surface area contributed by atoms with Gasteiger partial charge in [0.25, 0.3) is 0 Å². The van der Waals surface area contributed by atoms with Gasteiger partial charge in [-0.2, -0.15) is 0 Å². The van der Waals surface area contributed by atoms with E-state index in [9.17, 15) is 4.79 Å². The van der Waals surface area contributed by atoms with Crippen molar-refractivity contribution in [3.63, 3.8) is 0 Å². The van der Waals surface area contributed by atoms with Gasteiger partial charge in [-0.3, -0.25) is 4.79 Å². The van der Waals surface area contributed by atoms with Gasteiger partial charge in [0.05, 0.1) is 7.11 Å². The lowest BCUT2D eigenvalue weighted by molar-refractivity contribution is -0.139. The zero-order valence-electron chi connectivity index (χ0n) is 7.18. The molecule has 0 amide bonds. The van der Waals surface area contributed by atoms with Gasteiger partial charge in [-0.05, 0) is 25.3 Å². The van der Waals surface area contributed by atoms with Crippen LogP contribution in [0.4, 0.5) is 0 Å². The van der Waals surface area contributed by atoms with Gasteiger partial charge < -0.3 is 10.1 Å². The summed E-state index contributed by atoms with van der Waals surface area (Å²) in [5, 5.41) is 3.25. The first-order valence-corrected chi connectivity index (χ1v) is 5.41. The lowest BCUT2D eigenvalue weighted by Gasteiger charge is -2.07. The fourth-order valence-corrected chi connectivity index (χ4v) is 1.51. The summed E-state index contributed by atoms with van der Waals surface area (Å²) in [6.07, 6.45) is 2.69. The highest BCUT2D eigenvalue weighted by atomic mass is 127. The maximum absolute atomic E-state index is 10.9. The van der Waals surface area contributed by atoms with Crippen LogP contribution in [-0.4, -0.2) is 30.1 Å². The predicted octanol–water partition coefficient (Wildman–Crippen LogP) is 0.963. The van der Waals surface area contributed by atoms with Gasteiger partial charge in [-0.1, -0.05) is 22.6 Å². The Morgan fingerprint density at radius 1 is 1.75 bits per heavy atom. The molecular formula is C8H14INO2. The van der Waals surface area contributed by atoms with Crippen molar-refractivity contribution in [2.45, 2.75) is 16.8 Å². The topological polar surface area (TPSA) is 38.3 Å². The molecule has 70 valence electrons. The van der Waals surface area contributed by atoms with Gasteiger partial charge in [0.1, 0.15) is 3.92 Å². The van der Waals surface area contributed by atoms with E-state index in [1.165, 1.54) is 20.0 Å². The lowest BCUT2D eigenvalue weighted by Crippen LogP contribution is -2.30. The van der Waals surface area contributed by atoms with E-state index < -0.39 is 0 Å². The van der Waals surface area contributed by atoms with Crippen molar-refractivity contribution < 1.29 is 9.53 Å². The summed E-state index contributed by atoms with van der Waals surface area (Å²) >= 11 is 2.10. The van der Waals surface area contributed by atoms with Crippen LogP contribution in [0.2, 0.25) is 0 Å². The number of halogens is 1. The molecule has 3 nitrogen and oxygen atoms in total. The van der Waals surface area contributed by atoms with Crippen molar-refractivity contribution in [1.82, 2.24) is 5.32 Å². The Kier molecular flexibility index (Phi) is 4.28. The molecule has 0 bridgehead atoms. The second-order valence-electron chi connectivity index (χ2n) is 3.09. The van der Waals surface area contributed by atoms with Crippen molar-refractivity contribution in [3.05, 3.63) is 0 Å². The number of carbonyl (C=O) groups excluding carboxylic acids is 1. The summed E-state index contributed by atoms with van der Waals surface area (Å²) in [6.45, 7) is 1.78. The zero-order valence-corrected chi connectivity index (χ0v) is 9.34. The first-order valence-electron chi connectivity index (χ1n) is 4.16. The average molecular weight is 283 g/mol. The summed E-state index contributed by atoms with van der Waals surface area (Å²) < 4.78 is 4.55. The number of ether oxygens (including phenoxy) is 1. The molecule has 0 aromatic carbocycles. The largest absolute Gasteiger partial charge is 0.468 e. The van der Waals surface area contributed by atoms with Crippen molar-refractivity contribution in [2.75, 3.05) is 20.2 Å². The Bertz CT molecular complexity index is 159. The van der Waals surface area contributed by atoms with Crippen LogP contribution in [0, 0.1) is 5.92 Å². The van der Waals surface area contributed by atoms with Crippen LogP contribution >= 0.6 is 22.6 Å². The van der Waals surface area contributed by atoms with E-state index in [-0.39, 0.29) is 9.89 Å². The zero-order chi connectivity index (χ0) is 8.97. The van der Waals surface area contributed by atoms with Crippen LogP contribution in [0.5, 0.6) is 0 Å².